The van der Waals surface area contributed by atoms with E-state index in [1.54, 1.807) is 29.2 Å². The molecule has 2 aliphatic rings. The summed E-state index contributed by atoms with van der Waals surface area (Å²) in [6, 6.07) is 14.6. The summed E-state index contributed by atoms with van der Waals surface area (Å²) in [5.41, 5.74) is 1.25. The first-order valence-electron chi connectivity index (χ1n) is 10.9. The zero-order chi connectivity index (χ0) is 22.0. The number of hydrogen-bond donors (Lipinski definition) is 1. The predicted molar refractivity (Wildman–Crippen MR) is 116 cm³/mol. The Morgan fingerprint density at radius 2 is 1.84 bits per heavy atom. The number of amides is 2. The van der Waals surface area contributed by atoms with Crippen LogP contribution in [-0.2, 0) is 4.79 Å². The van der Waals surface area contributed by atoms with Gasteiger partial charge >= 0.3 is 0 Å². The van der Waals surface area contributed by atoms with Gasteiger partial charge in [-0.05, 0) is 49.8 Å². The van der Waals surface area contributed by atoms with Crippen molar-refractivity contribution >= 4 is 17.5 Å². The molecule has 1 saturated heterocycles. The molecule has 0 bridgehead atoms. The Balaban J connectivity index is 1.55. The average Bonchev–Trinajstić information content (AvgIpc) is 3.19. The lowest BCUT2D eigenvalue weighted by atomic mass is 9.84. The van der Waals surface area contributed by atoms with Crippen LogP contribution < -0.4 is 5.32 Å². The Morgan fingerprint density at radius 3 is 2.58 bits per heavy atom. The highest BCUT2D eigenvalue weighted by Gasteiger charge is 2.47. The Bertz CT molecular complexity index is 978. The van der Waals surface area contributed by atoms with Crippen molar-refractivity contribution in [1.29, 1.82) is 0 Å². The second kappa shape index (κ2) is 8.88. The maximum absolute atomic E-state index is 13.4. The molecule has 31 heavy (non-hydrogen) atoms. The minimum Gasteiger partial charge on any atom is -0.348 e. The molecule has 7 heteroatoms. The molecule has 1 aliphatic carbocycles. The predicted octanol–water partition coefficient (Wildman–Crippen LogP) is 4.25. The van der Waals surface area contributed by atoms with Crippen LogP contribution in [0.4, 0.5) is 5.69 Å². The average molecular weight is 421 g/mol. The summed E-state index contributed by atoms with van der Waals surface area (Å²) >= 11 is 0. The molecule has 7 nitrogen and oxygen atoms in total. The lowest BCUT2D eigenvalue weighted by Gasteiger charge is -2.34. The highest BCUT2D eigenvalue weighted by molar-refractivity contribution is 5.98. The maximum atomic E-state index is 13.4. The first kappa shape index (κ1) is 21.0. The third-order valence-corrected chi connectivity index (χ3v) is 6.59. The van der Waals surface area contributed by atoms with E-state index >= 15 is 0 Å². The van der Waals surface area contributed by atoms with Gasteiger partial charge in [0.1, 0.15) is 6.04 Å². The number of nitrogens with zero attached hydrogens (tertiary/aromatic N) is 2. The van der Waals surface area contributed by atoms with Crippen molar-refractivity contribution in [1.82, 2.24) is 10.2 Å². The molecule has 4 rings (SSSR count). The van der Waals surface area contributed by atoms with Crippen LogP contribution in [0.25, 0.3) is 0 Å². The van der Waals surface area contributed by atoms with E-state index in [-0.39, 0.29) is 23.5 Å². The molecule has 4 atom stereocenters. The largest absolute Gasteiger partial charge is 0.348 e. The van der Waals surface area contributed by atoms with E-state index in [2.05, 4.69) is 5.32 Å². The summed E-state index contributed by atoms with van der Waals surface area (Å²) in [5.74, 6) is 0.0427. The molecule has 0 radical (unpaired) electrons. The van der Waals surface area contributed by atoms with Gasteiger partial charge in [0.15, 0.2) is 0 Å². The number of likely N-dealkylation sites (tertiary alicyclic amines) is 1. The van der Waals surface area contributed by atoms with Gasteiger partial charge in [0.2, 0.25) is 5.91 Å². The van der Waals surface area contributed by atoms with Gasteiger partial charge in [0.05, 0.1) is 11.0 Å². The topological polar surface area (TPSA) is 92.6 Å². The number of nitrogens with one attached hydrogen (secondary N) is 1. The fraction of sp³-hybridized carbons (Fsp3) is 0.417. The van der Waals surface area contributed by atoms with E-state index in [0.29, 0.717) is 23.5 Å². The molecule has 162 valence electrons. The van der Waals surface area contributed by atoms with Gasteiger partial charge < -0.3 is 10.2 Å². The van der Waals surface area contributed by atoms with Crippen LogP contribution in [-0.4, -0.2) is 33.7 Å². The van der Waals surface area contributed by atoms with Crippen LogP contribution in [0.3, 0.4) is 0 Å². The van der Waals surface area contributed by atoms with Crippen LogP contribution >= 0.6 is 0 Å². The molecule has 0 spiro atoms. The molecule has 1 heterocycles. The second-order valence-electron chi connectivity index (χ2n) is 8.52. The number of carbonyl (C=O) groups is 2. The third-order valence-electron chi connectivity index (χ3n) is 6.59. The van der Waals surface area contributed by atoms with Crippen LogP contribution in [0.15, 0.2) is 54.6 Å². The third kappa shape index (κ3) is 4.31. The zero-order valence-corrected chi connectivity index (χ0v) is 17.6. The molecular weight excluding hydrogens is 394 g/mol. The number of carbonyl (C=O) groups excluding carboxylic acids is 2. The highest BCUT2D eigenvalue weighted by atomic mass is 16.6. The number of fused-ring (bicyclic) bond motifs is 1. The molecule has 4 unspecified atom stereocenters. The smallest absolute Gasteiger partial charge is 0.269 e. The Kier molecular flexibility index (Phi) is 6.02. The summed E-state index contributed by atoms with van der Waals surface area (Å²) in [7, 11) is 0. The van der Waals surface area contributed by atoms with E-state index in [0.717, 1.165) is 25.7 Å². The van der Waals surface area contributed by atoms with Crippen LogP contribution in [0.2, 0.25) is 0 Å². The minimum absolute atomic E-state index is 0.00799. The minimum atomic E-state index is -0.526. The summed E-state index contributed by atoms with van der Waals surface area (Å²) in [6.45, 7) is 1.81. The number of non-ortho nitro benzene ring substituents is 1. The van der Waals surface area contributed by atoms with E-state index < -0.39 is 17.0 Å². The number of nitro benzene ring substituents is 1. The van der Waals surface area contributed by atoms with Crippen molar-refractivity contribution in [3.8, 4) is 0 Å². The van der Waals surface area contributed by atoms with Crippen molar-refractivity contribution in [2.75, 3.05) is 0 Å². The monoisotopic (exact) mass is 421 g/mol. The van der Waals surface area contributed by atoms with E-state index in [1.807, 2.05) is 25.1 Å². The lowest BCUT2D eigenvalue weighted by Crippen LogP contribution is -2.50. The van der Waals surface area contributed by atoms with Crippen molar-refractivity contribution < 1.29 is 14.5 Å². The highest BCUT2D eigenvalue weighted by Crippen LogP contribution is 2.40. The number of benzene rings is 2. The Morgan fingerprint density at radius 1 is 1.10 bits per heavy atom. The van der Waals surface area contributed by atoms with Crippen molar-refractivity contribution in [3.63, 3.8) is 0 Å². The Labute approximate surface area is 181 Å². The fourth-order valence-electron chi connectivity index (χ4n) is 5.02. The van der Waals surface area contributed by atoms with E-state index in [4.69, 9.17) is 0 Å². The molecule has 1 saturated carbocycles. The first-order valence-corrected chi connectivity index (χ1v) is 10.9. The van der Waals surface area contributed by atoms with Crippen molar-refractivity contribution in [3.05, 3.63) is 75.8 Å². The van der Waals surface area contributed by atoms with Gasteiger partial charge in [-0.25, -0.2) is 0 Å². The van der Waals surface area contributed by atoms with Gasteiger partial charge in [-0.15, -0.1) is 0 Å². The maximum Gasteiger partial charge on any atom is 0.269 e. The zero-order valence-electron chi connectivity index (χ0n) is 17.6. The van der Waals surface area contributed by atoms with Crippen LogP contribution in [0.5, 0.6) is 0 Å². The second-order valence-corrected chi connectivity index (χ2v) is 8.52. The molecule has 2 amide bonds. The number of rotatable bonds is 5. The Hall–Kier alpha value is -3.22. The van der Waals surface area contributed by atoms with Gasteiger partial charge in [0.25, 0.3) is 11.6 Å². The quantitative estimate of drug-likeness (QED) is 0.577. The molecule has 1 aliphatic heterocycles. The van der Waals surface area contributed by atoms with Crippen LogP contribution in [0.1, 0.15) is 61.0 Å². The van der Waals surface area contributed by atoms with Gasteiger partial charge in [-0.1, -0.05) is 43.2 Å². The van der Waals surface area contributed by atoms with Crippen molar-refractivity contribution in [2.45, 2.75) is 57.2 Å². The summed E-state index contributed by atoms with van der Waals surface area (Å²) < 4.78 is 0. The lowest BCUT2D eigenvalue weighted by molar-refractivity contribution is -0.384. The normalized spacial score (nSPS) is 23.6. The molecular formula is C24H27N3O4. The SMILES string of the molecule is CC(NC(=O)C1CC2CCCCC2N1C(=O)c1ccccc1)c1cccc([N+](=O)[O-])c1. The van der Waals surface area contributed by atoms with Crippen LogP contribution in [0, 0.1) is 16.0 Å². The molecule has 2 aromatic carbocycles. The van der Waals surface area contributed by atoms with E-state index in [1.165, 1.54) is 12.1 Å². The first-order chi connectivity index (χ1) is 15.0. The molecule has 0 aromatic heterocycles. The molecule has 2 aromatic rings. The van der Waals surface area contributed by atoms with Gasteiger partial charge in [-0.2, -0.15) is 0 Å². The summed E-state index contributed by atoms with van der Waals surface area (Å²) in [4.78, 5) is 39.1. The summed E-state index contributed by atoms with van der Waals surface area (Å²) in [5, 5.41) is 14.1. The van der Waals surface area contributed by atoms with E-state index in [9.17, 15) is 19.7 Å². The number of hydrogen-bond acceptors (Lipinski definition) is 4. The summed E-state index contributed by atoms with van der Waals surface area (Å²) in [6.07, 6.45) is 4.82. The molecule has 2 fully saturated rings. The number of nitro groups is 1. The van der Waals surface area contributed by atoms with Gasteiger partial charge in [-0.3, -0.25) is 19.7 Å². The van der Waals surface area contributed by atoms with Gasteiger partial charge in [0, 0.05) is 23.7 Å². The van der Waals surface area contributed by atoms with Crippen molar-refractivity contribution in [2.24, 2.45) is 5.92 Å². The standard InChI is InChI=1S/C24H27N3O4/c1-16(18-11-7-12-20(14-18)27(30)31)25-23(28)22-15-19-10-5-6-13-21(19)26(22)24(29)17-8-3-2-4-9-17/h2-4,7-9,11-12,14,16,19,21-22H,5-6,10,13,15H2,1H3,(H,25,28). The fourth-order valence-corrected chi connectivity index (χ4v) is 5.02. The molecule has 1 N–H and O–H groups in total.